The molecular formula is C29H31N7O. The van der Waals surface area contributed by atoms with E-state index in [0.29, 0.717) is 11.7 Å². The summed E-state index contributed by atoms with van der Waals surface area (Å²) in [7, 11) is 0. The van der Waals surface area contributed by atoms with Gasteiger partial charge in [0.05, 0.1) is 13.2 Å². The summed E-state index contributed by atoms with van der Waals surface area (Å²) in [6, 6.07) is 17.4. The Bertz CT molecular complexity index is 1530. The first-order chi connectivity index (χ1) is 18.1. The van der Waals surface area contributed by atoms with Gasteiger partial charge in [-0.1, -0.05) is 49.4 Å². The molecule has 37 heavy (non-hydrogen) atoms. The Morgan fingerprint density at radius 2 is 1.89 bits per heavy atom. The smallest absolute Gasteiger partial charge is 0.205 e. The molecule has 8 nitrogen and oxygen atoms in total. The highest BCUT2D eigenvalue weighted by Gasteiger charge is 2.20. The normalized spacial score (nSPS) is 15.9. The first-order valence-electron chi connectivity index (χ1n) is 13.0. The van der Waals surface area contributed by atoms with Crippen LogP contribution in [0.4, 0.5) is 0 Å². The lowest BCUT2D eigenvalue weighted by Gasteiger charge is -2.23. The lowest BCUT2D eigenvalue weighted by atomic mass is 9.88. The summed E-state index contributed by atoms with van der Waals surface area (Å²) in [6.45, 7) is 8.65. The van der Waals surface area contributed by atoms with Gasteiger partial charge in [0.25, 0.3) is 0 Å². The maximum absolute atomic E-state index is 5.76. The number of fused-ring (bicyclic) bond motifs is 1. The number of imidazole rings is 1. The molecule has 1 unspecified atom stereocenters. The fourth-order valence-electron chi connectivity index (χ4n) is 5.39. The fraction of sp³-hybridized carbons (Fsp3) is 0.345. The van der Waals surface area contributed by atoms with E-state index in [1.54, 1.807) is 0 Å². The molecule has 4 heterocycles. The number of rotatable bonds is 6. The van der Waals surface area contributed by atoms with Crippen molar-refractivity contribution in [3.63, 3.8) is 0 Å². The zero-order valence-corrected chi connectivity index (χ0v) is 21.5. The number of hydrogen-bond donors (Lipinski definition) is 1. The molecule has 8 heteroatoms. The van der Waals surface area contributed by atoms with E-state index in [9.17, 15) is 0 Å². The van der Waals surface area contributed by atoms with Crippen LogP contribution in [-0.2, 0) is 17.7 Å². The van der Waals surface area contributed by atoms with Crippen molar-refractivity contribution in [3.8, 4) is 22.5 Å². The average molecular weight is 494 g/mol. The standard InChI is InChI=1S/C29H31N7O/c1-4-26-31-27-18(2)14-19(3)30-29(27)36(26)16-20-7-9-21(10-8-20)25-15-22(23-6-5-13-37-17-23)11-12-24(25)28-32-34-35-33-28/h7-12,14-15,23H,4-6,13,16-17H2,1-3H3,(H,32,33,34,35). The zero-order chi connectivity index (χ0) is 25.4. The monoisotopic (exact) mass is 493 g/mol. The molecule has 1 atom stereocenters. The van der Waals surface area contributed by atoms with Crippen LogP contribution in [0, 0.1) is 13.8 Å². The van der Waals surface area contributed by atoms with Crippen molar-refractivity contribution in [1.29, 1.82) is 0 Å². The predicted octanol–water partition coefficient (Wildman–Crippen LogP) is 5.40. The topological polar surface area (TPSA) is 94.4 Å². The Labute approximate surface area is 216 Å². The molecule has 0 spiro atoms. The van der Waals surface area contributed by atoms with Crippen LogP contribution in [0.5, 0.6) is 0 Å². The molecule has 2 aromatic carbocycles. The maximum Gasteiger partial charge on any atom is 0.205 e. The summed E-state index contributed by atoms with van der Waals surface area (Å²) in [5.41, 5.74) is 9.82. The quantitative estimate of drug-likeness (QED) is 0.340. The van der Waals surface area contributed by atoms with Gasteiger partial charge in [-0.2, -0.15) is 5.21 Å². The van der Waals surface area contributed by atoms with Gasteiger partial charge in [-0.15, -0.1) is 10.2 Å². The molecule has 1 N–H and O–H groups in total. The van der Waals surface area contributed by atoms with Gasteiger partial charge in [-0.3, -0.25) is 0 Å². The van der Waals surface area contributed by atoms with Crippen LogP contribution in [-0.4, -0.2) is 48.4 Å². The van der Waals surface area contributed by atoms with E-state index in [0.717, 1.165) is 78.4 Å². The van der Waals surface area contributed by atoms with Crippen molar-refractivity contribution in [2.45, 2.75) is 52.5 Å². The lowest BCUT2D eigenvalue weighted by molar-refractivity contribution is 0.0804. The molecule has 1 fully saturated rings. The molecule has 0 bridgehead atoms. The summed E-state index contributed by atoms with van der Waals surface area (Å²) < 4.78 is 8.01. The minimum absolute atomic E-state index is 0.410. The molecule has 0 aliphatic carbocycles. The number of H-pyrrole nitrogens is 1. The number of hydrogen-bond acceptors (Lipinski definition) is 6. The Hall–Kier alpha value is -3.91. The van der Waals surface area contributed by atoms with Crippen LogP contribution in [0.1, 0.15) is 53.9 Å². The van der Waals surface area contributed by atoms with Crippen LogP contribution in [0.2, 0.25) is 0 Å². The number of aromatic amines is 1. The summed E-state index contributed by atoms with van der Waals surface area (Å²) in [5, 5.41) is 14.9. The second-order valence-corrected chi connectivity index (χ2v) is 9.87. The van der Waals surface area contributed by atoms with Gasteiger partial charge in [0, 0.05) is 30.2 Å². The molecule has 0 saturated carbocycles. The molecule has 0 amide bonds. The first-order valence-corrected chi connectivity index (χ1v) is 13.0. The number of tetrazole rings is 1. The van der Waals surface area contributed by atoms with Gasteiger partial charge >= 0.3 is 0 Å². The van der Waals surface area contributed by atoms with Crippen molar-refractivity contribution in [2.24, 2.45) is 0 Å². The van der Waals surface area contributed by atoms with Crippen molar-refractivity contribution in [3.05, 3.63) is 76.7 Å². The Morgan fingerprint density at radius 1 is 1.03 bits per heavy atom. The molecule has 0 radical (unpaired) electrons. The van der Waals surface area contributed by atoms with E-state index in [-0.39, 0.29) is 0 Å². The Balaban J connectivity index is 1.36. The maximum atomic E-state index is 5.76. The third kappa shape index (κ3) is 4.53. The second kappa shape index (κ2) is 9.86. The SMILES string of the molecule is CCc1nc2c(C)cc(C)nc2n1Cc1ccc(-c2cc(C3CCCOC3)ccc2-c2nn[nH]n2)cc1. The van der Waals surface area contributed by atoms with Crippen molar-refractivity contribution >= 4 is 11.2 Å². The minimum Gasteiger partial charge on any atom is -0.381 e. The number of ether oxygens (including phenoxy) is 1. The summed E-state index contributed by atoms with van der Waals surface area (Å²) in [4.78, 5) is 9.72. The minimum atomic E-state index is 0.410. The highest BCUT2D eigenvalue weighted by Crippen LogP contribution is 2.35. The predicted molar refractivity (Wildman–Crippen MR) is 143 cm³/mol. The molecule has 6 rings (SSSR count). The number of nitrogens with one attached hydrogen (secondary N) is 1. The fourth-order valence-corrected chi connectivity index (χ4v) is 5.39. The summed E-state index contributed by atoms with van der Waals surface area (Å²) >= 11 is 0. The third-order valence-corrected chi connectivity index (χ3v) is 7.28. The number of benzene rings is 2. The molecular weight excluding hydrogens is 462 g/mol. The number of pyridine rings is 1. The van der Waals surface area contributed by atoms with Crippen molar-refractivity contribution in [1.82, 2.24) is 35.2 Å². The van der Waals surface area contributed by atoms with Crippen LogP contribution in [0.25, 0.3) is 33.7 Å². The van der Waals surface area contributed by atoms with Gasteiger partial charge in [0.2, 0.25) is 5.82 Å². The van der Waals surface area contributed by atoms with E-state index < -0.39 is 0 Å². The van der Waals surface area contributed by atoms with Gasteiger partial charge in [0.15, 0.2) is 5.65 Å². The molecule has 5 aromatic rings. The highest BCUT2D eigenvalue weighted by molar-refractivity contribution is 5.81. The van der Waals surface area contributed by atoms with Crippen molar-refractivity contribution < 1.29 is 4.74 Å². The van der Waals surface area contributed by atoms with E-state index in [2.05, 4.69) is 87.6 Å². The highest BCUT2D eigenvalue weighted by atomic mass is 16.5. The Morgan fingerprint density at radius 3 is 2.62 bits per heavy atom. The number of aromatic nitrogens is 7. The Kier molecular flexibility index (Phi) is 6.26. The van der Waals surface area contributed by atoms with Crippen molar-refractivity contribution in [2.75, 3.05) is 13.2 Å². The summed E-state index contributed by atoms with van der Waals surface area (Å²) in [5.74, 6) is 2.06. The number of aryl methyl sites for hydroxylation is 3. The van der Waals surface area contributed by atoms with Crippen LogP contribution >= 0.6 is 0 Å². The van der Waals surface area contributed by atoms with Gasteiger partial charge in [-0.25, -0.2) is 9.97 Å². The van der Waals surface area contributed by atoms with Gasteiger partial charge in [-0.05, 0) is 65.8 Å². The third-order valence-electron chi connectivity index (χ3n) is 7.28. The molecule has 1 aliphatic heterocycles. The van der Waals surface area contributed by atoms with E-state index in [1.165, 1.54) is 16.7 Å². The van der Waals surface area contributed by atoms with E-state index >= 15 is 0 Å². The number of nitrogens with zero attached hydrogens (tertiary/aromatic N) is 6. The van der Waals surface area contributed by atoms with E-state index in [4.69, 9.17) is 14.7 Å². The van der Waals surface area contributed by atoms with Crippen LogP contribution < -0.4 is 0 Å². The van der Waals surface area contributed by atoms with Gasteiger partial charge in [0.1, 0.15) is 11.3 Å². The van der Waals surface area contributed by atoms with Crippen LogP contribution in [0.15, 0.2) is 48.5 Å². The average Bonchev–Trinajstić information content (AvgIpc) is 3.58. The largest absolute Gasteiger partial charge is 0.381 e. The first kappa shape index (κ1) is 23.5. The van der Waals surface area contributed by atoms with Gasteiger partial charge < -0.3 is 9.30 Å². The second-order valence-electron chi connectivity index (χ2n) is 9.87. The van der Waals surface area contributed by atoms with Crippen LogP contribution in [0.3, 0.4) is 0 Å². The molecule has 188 valence electrons. The zero-order valence-electron chi connectivity index (χ0n) is 21.5. The summed E-state index contributed by atoms with van der Waals surface area (Å²) in [6.07, 6.45) is 3.10. The molecule has 1 saturated heterocycles. The van der Waals surface area contributed by atoms with E-state index in [1.807, 2.05) is 6.92 Å². The lowest BCUT2D eigenvalue weighted by Crippen LogP contribution is -2.15. The molecule has 1 aliphatic rings. The molecule has 3 aromatic heterocycles.